The number of nitrogens with zero attached hydrogens (tertiary/aromatic N) is 6. The zero-order chi connectivity index (χ0) is 91.4. The summed E-state index contributed by atoms with van der Waals surface area (Å²) in [5.74, 6) is -7.22. The van der Waals surface area contributed by atoms with Crippen molar-refractivity contribution in [3.8, 4) is 0 Å². The van der Waals surface area contributed by atoms with Crippen molar-refractivity contribution in [2.45, 2.75) is 329 Å². The van der Waals surface area contributed by atoms with Crippen LogP contribution in [0.2, 0.25) is 0 Å². The molecule has 724 valence electrons. The third-order valence-corrected chi connectivity index (χ3v) is 25.2. The van der Waals surface area contributed by atoms with E-state index in [9.17, 15) is 90.0 Å². The van der Waals surface area contributed by atoms with Crippen LogP contribution in [0.15, 0.2) is 12.4 Å². The monoisotopic (exact) mass is 1820 g/mol. The van der Waals surface area contributed by atoms with E-state index in [1.807, 2.05) is 13.8 Å². The van der Waals surface area contributed by atoms with Gasteiger partial charge in [-0.2, -0.15) is 0 Å². The fraction of sp³-hybridized carbons (Fsp3) is 0.878. The predicted molar refractivity (Wildman–Crippen MR) is 436 cm³/mol. The molecule has 0 radical (unpaired) electrons. The summed E-state index contributed by atoms with van der Waals surface area (Å²) >= 11 is 0. The van der Waals surface area contributed by atoms with Crippen molar-refractivity contribution in [1.29, 1.82) is 0 Å². The highest BCUT2D eigenvalue weighted by atomic mass is 16.8. The Balaban J connectivity index is 0.675. The van der Waals surface area contributed by atoms with Gasteiger partial charge < -0.3 is 165 Å². The number of aliphatic carboxylic acids is 2. The first kappa shape index (κ1) is 103. The van der Waals surface area contributed by atoms with Crippen LogP contribution in [0.4, 0.5) is 0 Å². The van der Waals surface area contributed by atoms with Crippen molar-refractivity contribution in [1.82, 2.24) is 51.3 Å². The second-order valence-corrected chi connectivity index (χ2v) is 34.5. The minimum absolute atomic E-state index is 0.0170. The zero-order valence-corrected chi connectivity index (χ0v) is 72.9. The van der Waals surface area contributed by atoms with Crippen LogP contribution in [0, 0.1) is 35.5 Å². The Morgan fingerprint density at radius 3 is 1.17 bits per heavy atom. The quantitative estimate of drug-likeness (QED) is 0.0278. The fourth-order valence-corrected chi connectivity index (χ4v) is 18.2. The average Bonchev–Trinajstić information content (AvgIpc) is 0.978. The molecule has 4 aliphatic heterocycles. The first-order chi connectivity index (χ1) is 61.1. The van der Waals surface area contributed by atoms with Crippen molar-refractivity contribution in [2.24, 2.45) is 47.0 Å². The molecule has 45 nitrogen and oxygen atoms in total. The maximum atomic E-state index is 14.3. The van der Waals surface area contributed by atoms with Gasteiger partial charge in [-0.3, -0.25) is 19.2 Å². The van der Waals surface area contributed by atoms with E-state index in [0.717, 1.165) is 64.2 Å². The molecule has 2 aromatic heterocycles. The minimum Gasteiger partial charge on any atom is -0.479 e. The molecule has 45 heteroatoms. The lowest BCUT2D eigenvalue weighted by molar-refractivity contribution is -0.338. The number of aromatic nitrogens is 6. The van der Waals surface area contributed by atoms with Gasteiger partial charge in [0, 0.05) is 38.0 Å². The average molecular weight is 1820 g/mol. The number of ether oxygens (including phenoxy) is 15. The maximum Gasteiger partial charge on any atom is 0.332 e. The third kappa shape index (κ3) is 29.5. The molecule has 2 aromatic rings. The molecule has 6 heterocycles. The molecule has 8 aliphatic rings. The second kappa shape index (κ2) is 51.9. The third-order valence-electron chi connectivity index (χ3n) is 25.2. The van der Waals surface area contributed by atoms with E-state index in [4.69, 9.17) is 82.5 Å². The molecule has 4 saturated carbocycles. The van der Waals surface area contributed by atoms with Crippen LogP contribution in [0.25, 0.3) is 0 Å². The number of aliphatic hydroxyl groups excluding tert-OH is 10. The lowest BCUT2D eigenvalue weighted by Gasteiger charge is -2.49. The van der Waals surface area contributed by atoms with E-state index in [1.165, 1.54) is 35.6 Å². The first-order valence-electron chi connectivity index (χ1n) is 45.0. The van der Waals surface area contributed by atoms with Crippen LogP contribution in [0.5, 0.6) is 0 Å². The van der Waals surface area contributed by atoms with Gasteiger partial charge in [0.2, 0.25) is 23.6 Å². The van der Waals surface area contributed by atoms with Gasteiger partial charge in [0.25, 0.3) is 0 Å². The van der Waals surface area contributed by atoms with Gasteiger partial charge in [0.05, 0.1) is 128 Å². The summed E-state index contributed by atoms with van der Waals surface area (Å²) in [6.45, 7) is 6.25. The smallest absolute Gasteiger partial charge is 0.332 e. The number of aliphatic hydroxyl groups is 10. The lowest BCUT2D eigenvalue weighted by Crippen LogP contribution is -2.67. The number of carboxylic acids is 2. The summed E-state index contributed by atoms with van der Waals surface area (Å²) in [7, 11) is 0. The van der Waals surface area contributed by atoms with E-state index in [1.54, 1.807) is 0 Å². The summed E-state index contributed by atoms with van der Waals surface area (Å²) in [5, 5.41) is 159. The topological polar surface area (TPSA) is 645 Å². The normalized spacial score (nSPS) is 34.6. The molecule has 30 atom stereocenters. The molecule has 20 N–H and O–H groups in total. The molecule has 4 amide bonds. The number of amides is 4. The van der Waals surface area contributed by atoms with Crippen molar-refractivity contribution in [3.63, 3.8) is 0 Å². The number of carboxylic acid groups (broad SMARTS) is 2. The van der Waals surface area contributed by atoms with Crippen LogP contribution in [0.1, 0.15) is 155 Å². The number of hydrogen-bond donors (Lipinski definition) is 18. The van der Waals surface area contributed by atoms with Crippen LogP contribution in [0.3, 0.4) is 0 Å². The van der Waals surface area contributed by atoms with Crippen molar-refractivity contribution in [2.75, 3.05) is 92.2 Å². The van der Waals surface area contributed by atoms with Gasteiger partial charge in [-0.15, -0.1) is 10.2 Å². The van der Waals surface area contributed by atoms with E-state index >= 15 is 0 Å². The van der Waals surface area contributed by atoms with Gasteiger partial charge in [-0.1, -0.05) is 101 Å². The molecule has 0 bridgehead atoms. The fourth-order valence-electron chi connectivity index (χ4n) is 18.2. The first-order valence-corrected chi connectivity index (χ1v) is 45.0. The Bertz CT molecular complexity index is 3390. The summed E-state index contributed by atoms with van der Waals surface area (Å²) in [6.07, 6.45) is -21.8. The SMILES string of the molecule is CCC1CC(C(=O)NCCN)C[C@@H](O[C@@H]2OC(CO)[C@H](O)C(O[C@@H](CC3CCCCC3)C(=O)O)C2NC(=O)Cn2cc(COCCOCCOCCOCCOCc3cn(CC(=O)NC4C(O[C@@H](CC5CCCCC5)C(=O)O)[C@@H](O)C(CO)O[C@H]4O[C@@H]4CC(C(=O)NCCN)CC(CC)C4O[C@@H]4OC(C)[C@@H](O)C(O)C4O)nn3)nn2)C1O[C@@H]1OC(C)[C@@H](O)C(O)C1O. The molecular weight excluding hydrogens is 1680 g/mol. The maximum absolute atomic E-state index is 14.3. The lowest BCUT2D eigenvalue weighted by atomic mass is 9.75. The van der Waals surface area contributed by atoms with Crippen LogP contribution < -0.4 is 32.7 Å². The van der Waals surface area contributed by atoms with Crippen molar-refractivity contribution >= 4 is 35.6 Å². The number of carbonyl (C=O) groups excluding carboxylic acids is 4. The molecule has 8 fully saturated rings. The van der Waals surface area contributed by atoms with Crippen LogP contribution in [-0.4, -0.2) is 378 Å². The number of carbonyl (C=O) groups is 6. The van der Waals surface area contributed by atoms with Gasteiger partial charge in [-0.25, -0.2) is 19.0 Å². The van der Waals surface area contributed by atoms with E-state index in [2.05, 4.69) is 41.9 Å². The zero-order valence-electron chi connectivity index (χ0n) is 72.9. The van der Waals surface area contributed by atoms with E-state index in [-0.39, 0.29) is 154 Å². The molecule has 10 rings (SSSR count). The number of rotatable bonds is 50. The Morgan fingerprint density at radius 1 is 0.465 bits per heavy atom. The number of nitrogens with two attached hydrogens (primary N) is 2. The van der Waals surface area contributed by atoms with Gasteiger partial charge in [-0.05, 0) is 76.0 Å². The van der Waals surface area contributed by atoms with Crippen molar-refractivity contribution in [3.05, 3.63) is 23.8 Å². The second-order valence-electron chi connectivity index (χ2n) is 34.5. The Kier molecular flexibility index (Phi) is 42.1. The highest BCUT2D eigenvalue weighted by molar-refractivity contribution is 5.80. The molecule has 4 saturated heterocycles. The summed E-state index contributed by atoms with van der Waals surface area (Å²) in [6, 6.07) is -3.02. The standard InChI is InChI=1S/C82H138N12O33/c1-5-47-31-49(75(107)85-19-17-83)33-53(71(47)126-81-69(105)67(103)63(99)43(3)118-81)122-79-61(73(65(101)57(39-95)124-79)120-55(77(109)110)29-45-13-9-7-10-14-45)87-59(97)37-93-35-51(89-91-93)41-116-27-25-114-23-21-113-22-24-115-26-28-117-42-52-36-94(92-90-52)38-60(98)88-62-74(121-56(78(111)112)30-46-15-11-8-12-16-46)66(102)58(40-96)125-80(62)123-54-34-50(76(108)86-20-18-84)32-48(6-2)72(54)127-82-70(106)68(104)64(100)44(4)119-82/h35-36,43-50,53-58,61-74,79-82,95-96,99-106H,5-34,37-42,83-84H2,1-4H3,(H,85,107)(H,86,108)(H,87,97)(H,88,98)(H,109,110)(H,111,112)/t43?,44?,47?,48?,49?,50?,53-,54-,55+,56+,57?,58?,61?,62?,63-,64-,65+,66+,67?,68?,69?,70?,71?,72?,73?,74?,79-,80-,81+,82+/m1/s1. The molecule has 127 heavy (non-hydrogen) atoms. The summed E-state index contributed by atoms with van der Waals surface area (Å²) < 4.78 is 94.6. The number of nitrogens with one attached hydrogen (secondary N) is 4. The van der Waals surface area contributed by atoms with E-state index < -0.39 is 233 Å². The van der Waals surface area contributed by atoms with E-state index in [0.29, 0.717) is 24.2 Å². The van der Waals surface area contributed by atoms with Crippen molar-refractivity contribution < 1.29 is 161 Å². The Hall–Kier alpha value is -5.98. The Morgan fingerprint density at radius 2 is 0.827 bits per heavy atom. The van der Waals surface area contributed by atoms with Crippen LogP contribution in [-0.2, 0) is 126 Å². The summed E-state index contributed by atoms with van der Waals surface area (Å²) in [4.78, 5) is 82.3. The number of hydrogen-bond acceptors (Lipinski definition) is 37. The van der Waals surface area contributed by atoms with Gasteiger partial charge >= 0.3 is 11.9 Å². The predicted octanol–water partition coefficient (Wildman–Crippen LogP) is -4.39. The summed E-state index contributed by atoms with van der Waals surface area (Å²) in [5.41, 5.74) is 12.2. The molecule has 4 aliphatic carbocycles. The van der Waals surface area contributed by atoms with Gasteiger partial charge in [0.1, 0.15) is 110 Å². The van der Waals surface area contributed by atoms with Gasteiger partial charge in [0.15, 0.2) is 37.4 Å². The molecule has 18 unspecified atom stereocenters. The van der Waals surface area contributed by atoms with Crippen LogP contribution >= 0.6 is 0 Å². The molecule has 0 spiro atoms. The highest BCUT2D eigenvalue weighted by Gasteiger charge is 2.56. The molecule has 0 aromatic carbocycles. The minimum atomic E-state index is -1.73. The largest absolute Gasteiger partial charge is 0.479 e. The Labute approximate surface area is 737 Å². The molecular formula is C82H138N12O33. The highest BCUT2D eigenvalue weighted by Crippen LogP contribution is 2.43.